The number of nitrogens with zero attached hydrogens (tertiary/aromatic N) is 1. The zero-order chi connectivity index (χ0) is 13.0. The van der Waals surface area contributed by atoms with E-state index in [4.69, 9.17) is 9.47 Å². The van der Waals surface area contributed by atoms with E-state index in [1.165, 1.54) is 0 Å². The number of hydrogen-bond acceptors (Lipinski definition) is 5. The first-order valence-corrected chi connectivity index (χ1v) is 6.42. The highest BCUT2D eigenvalue weighted by atomic mass is 32.2. The van der Waals surface area contributed by atoms with Gasteiger partial charge in [0.25, 0.3) is 0 Å². The lowest BCUT2D eigenvalue weighted by Gasteiger charge is -2.22. The largest absolute Gasteiger partial charge is 0.496 e. The topological polar surface area (TPSA) is 41.9 Å². The molecule has 0 bridgehead atoms. The SMILES string of the molecule is COc1cc(C(O)N(C)C)c(OC)cc1SC. The van der Waals surface area contributed by atoms with Gasteiger partial charge in [-0.05, 0) is 32.5 Å². The molecule has 4 nitrogen and oxygen atoms in total. The molecule has 1 unspecified atom stereocenters. The van der Waals surface area contributed by atoms with Crippen LogP contribution in [0.1, 0.15) is 11.8 Å². The number of aliphatic hydroxyl groups is 1. The molecule has 5 heteroatoms. The molecule has 1 aromatic rings. The monoisotopic (exact) mass is 257 g/mol. The fourth-order valence-electron chi connectivity index (χ4n) is 1.53. The van der Waals surface area contributed by atoms with Gasteiger partial charge in [-0.3, -0.25) is 4.90 Å². The average molecular weight is 257 g/mol. The number of ether oxygens (including phenoxy) is 2. The third-order valence-electron chi connectivity index (χ3n) is 2.50. The summed E-state index contributed by atoms with van der Waals surface area (Å²) in [5, 5.41) is 10.1. The lowest BCUT2D eigenvalue weighted by Crippen LogP contribution is -2.20. The van der Waals surface area contributed by atoms with Crippen LogP contribution in [0.3, 0.4) is 0 Å². The maximum Gasteiger partial charge on any atom is 0.136 e. The van der Waals surface area contributed by atoms with Gasteiger partial charge >= 0.3 is 0 Å². The lowest BCUT2D eigenvalue weighted by atomic mass is 10.1. The first-order chi connectivity index (χ1) is 8.04. The molecule has 0 saturated carbocycles. The van der Waals surface area contributed by atoms with Gasteiger partial charge in [0, 0.05) is 5.56 Å². The maximum absolute atomic E-state index is 10.1. The number of rotatable bonds is 5. The van der Waals surface area contributed by atoms with Gasteiger partial charge in [-0.25, -0.2) is 0 Å². The second kappa shape index (κ2) is 6.14. The third-order valence-corrected chi connectivity index (χ3v) is 3.26. The smallest absolute Gasteiger partial charge is 0.136 e. The summed E-state index contributed by atoms with van der Waals surface area (Å²) in [7, 11) is 6.82. The summed E-state index contributed by atoms with van der Waals surface area (Å²) in [4.78, 5) is 2.69. The molecular weight excluding hydrogens is 238 g/mol. The van der Waals surface area contributed by atoms with Crippen molar-refractivity contribution < 1.29 is 14.6 Å². The molecule has 0 aliphatic heterocycles. The van der Waals surface area contributed by atoms with Crippen molar-refractivity contribution in [2.24, 2.45) is 0 Å². The molecule has 96 valence electrons. The van der Waals surface area contributed by atoms with Crippen molar-refractivity contribution >= 4 is 11.8 Å². The van der Waals surface area contributed by atoms with E-state index in [0.29, 0.717) is 11.3 Å². The van der Waals surface area contributed by atoms with E-state index in [0.717, 1.165) is 10.6 Å². The molecular formula is C12H19NO3S. The quantitative estimate of drug-likeness (QED) is 0.645. The zero-order valence-electron chi connectivity index (χ0n) is 10.9. The van der Waals surface area contributed by atoms with Crippen molar-refractivity contribution in [2.45, 2.75) is 11.1 Å². The van der Waals surface area contributed by atoms with Gasteiger partial charge < -0.3 is 14.6 Å². The van der Waals surface area contributed by atoms with Crippen molar-refractivity contribution in [2.75, 3.05) is 34.6 Å². The molecule has 0 saturated heterocycles. The van der Waals surface area contributed by atoms with Crippen LogP contribution >= 0.6 is 11.8 Å². The van der Waals surface area contributed by atoms with Gasteiger partial charge in [0.1, 0.15) is 17.7 Å². The molecule has 0 aromatic heterocycles. The minimum absolute atomic E-state index is 0.663. The standard InChI is InChI=1S/C12H19NO3S/c1-13(2)12(14)8-6-10(16-4)11(17-5)7-9(8)15-3/h6-7,12,14H,1-5H3. The Labute approximate surface area is 107 Å². The van der Waals surface area contributed by atoms with Gasteiger partial charge in [-0.15, -0.1) is 11.8 Å². The zero-order valence-corrected chi connectivity index (χ0v) is 11.7. The van der Waals surface area contributed by atoms with Crippen LogP contribution in [0.5, 0.6) is 11.5 Å². The summed E-state index contributed by atoms with van der Waals surface area (Å²) in [6.45, 7) is 0. The van der Waals surface area contributed by atoms with Gasteiger partial charge in [0.2, 0.25) is 0 Å². The number of hydrogen-bond donors (Lipinski definition) is 1. The predicted molar refractivity (Wildman–Crippen MR) is 70.0 cm³/mol. The van der Waals surface area contributed by atoms with E-state index < -0.39 is 6.23 Å². The maximum atomic E-state index is 10.1. The highest BCUT2D eigenvalue weighted by Gasteiger charge is 2.18. The van der Waals surface area contributed by atoms with Gasteiger partial charge in [-0.1, -0.05) is 0 Å². The van der Waals surface area contributed by atoms with Crippen LogP contribution in [-0.2, 0) is 0 Å². The Morgan fingerprint density at radius 2 is 1.76 bits per heavy atom. The molecule has 0 radical (unpaired) electrons. The molecule has 0 amide bonds. The lowest BCUT2D eigenvalue weighted by molar-refractivity contribution is 0.0372. The first kappa shape index (κ1) is 14.2. The van der Waals surface area contributed by atoms with Crippen LogP contribution in [0.25, 0.3) is 0 Å². The van der Waals surface area contributed by atoms with Gasteiger partial charge in [-0.2, -0.15) is 0 Å². The molecule has 0 spiro atoms. The predicted octanol–water partition coefficient (Wildman–Crippen LogP) is 1.98. The number of thioether (sulfide) groups is 1. The molecule has 0 heterocycles. The summed E-state index contributed by atoms with van der Waals surface area (Å²) in [5.41, 5.74) is 0.701. The van der Waals surface area contributed by atoms with E-state index in [1.54, 1.807) is 45.0 Å². The molecule has 1 rings (SSSR count). The Bertz CT molecular complexity index is 382. The summed E-state index contributed by atoms with van der Waals surface area (Å²) < 4.78 is 10.6. The number of aliphatic hydroxyl groups excluding tert-OH is 1. The fourth-order valence-corrected chi connectivity index (χ4v) is 2.10. The summed E-state index contributed by atoms with van der Waals surface area (Å²) in [6.07, 6.45) is 1.26. The Kier molecular flexibility index (Phi) is 5.11. The highest BCUT2D eigenvalue weighted by molar-refractivity contribution is 7.98. The molecule has 17 heavy (non-hydrogen) atoms. The van der Waals surface area contributed by atoms with E-state index in [2.05, 4.69) is 0 Å². The number of benzene rings is 1. The Balaban J connectivity index is 3.28. The average Bonchev–Trinajstić information content (AvgIpc) is 2.35. The summed E-state index contributed by atoms with van der Waals surface area (Å²) in [6, 6.07) is 3.70. The van der Waals surface area contributed by atoms with Crippen LogP contribution in [-0.4, -0.2) is 44.6 Å². The van der Waals surface area contributed by atoms with E-state index in [1.807, 2.05) is 18.4 Å². The molecule has 0 aliphatic carbocycles. The minimum Gasteiger partial charge on any atom is -0.496 e. The first-order valence-electron chi connectivity index (χ1n) is 5.19. The molecule has 0 fully saturated rings. The van der Waals surface area contributed by atoms with Crippen molar-refractivity contribution in [3.8, 4) is 11.5 Å². The van der Waals surface area contributed by atoms with E-state index >= 15 is 0 Å². The Morgan fingerprint density at radius 3 is 2.18 bits per heavy atom. The molecule has 1 atom stereocenters. The van der Waals surface area contributed by atoms with E-state index in [-0.39, 0.29) is 0 Å². The number of methoxy groups -OCH3 is 2. The van der Waals surface area contributed by atoms with Crippen LogP contribution in [0.15, 0.2) is 17.0 Å². The van der Waals surface area contributed by atoms with Crippen molar-refractivity contribution in [1.29, 1.82) is 0 Å². The highest BCUT2D eigenvalue weighted by Crippen LogP contribution is 2.37. The Hall–Kier alpha value is -0.910. The van der Waals surface area contributed by atoms with Crippen LogP contribution in [0, 0.1) is 0 Å². The summed E-state index contributed by atoms with van der Waals surface area (Å²) >= 11 is 1.58. The third kappa shape index (κ3) is 3.06. The fraction of sp³-hybridized carbons (Fsp3) is 0.500. The van der Waals surface area contributed by atoms with Crippen molar-refractivity contribution in [3.05, 3.63) is 17.7 Å². The van der Waals surface area contributed by atoms with Crippen molar-refractivity contribution in [3.63, 3.8) is 0 Å². The molecule has 1 N–H and O–H groups in total. The van der Waals surface area contributed by atoms with Crippen LogP contribution in [0.4, 0.5) is 0 Å². The molecule has 0 aliphatic rings. The molecule has 1 aromatic carbocycles. The second-order valence-corrected chi connectivity index (χ2v) is 4.63. The van der Waals surface area contributed by atoms with Crippen molar-refractivity contribution in [1.82, 2.24) is 4.90 Å². The van der Waals surface area contributed by atoms with Crippen LogP contribution in [0.2, 0.25) is 0 Å². The van der Waals surface area contributed by atoms with Crippen LogP contribution < -0.4 is 9.47 Å². The summed E-state index contributed by atoms with van der Waals surface area (Å²) in [5.74, 6) is 1.41. The minimum atomic E-state index is -0.713. The Morgan fingerprint density at radius 1 is 1.18 bits per heavy atom. The van der Waals surface area contributed by atoms with Gasteiger partial charge in [0.05, 0.1) is 19.1 Å². The van der Waals surface area contributed by atoms with E-state index in [9.17, 15) is 5.11 Å². The normalized spacial score (nSPS) is 12.6. The van der Waals surface area contributed by atoms with Gasteiger partial charge in [0.15, 0.2) is 0 Å². The second-order valence-electron chi connectivity index (χ2n) is 3.79.